The average molecular weight is 584 g/mol. The number of amides is 2. The number of carbonyl (C=O) groups excluding carboxylic acids is 2. The maximum atomic E-state index is 14.1. The number of hydrogen-bond donors (Lipinski definition) is 2. The first-order valence-electron chi connectivity index (χ1n) is 13.3. The molecule has 3 heterocycles. The summed E-state index contributed by atoms with van der Waals surface area (Å²) >= 11 is 6.06. The van der Waals surface area contributed by atoms with Crippen LogP contribution in [0.3, 0.4) is 0 Å². The number of rotatable bonds is 10. The van der Waals surface area contributed by atoms with Gasteiger partial charge in [0.2, 0.25) is 0 Å². The smallest absolute Gasteiger partial charge is 0.268 e. The minimum Gasteiger partial charge on any atom is -0.350 e. The van der Waals surface area contributed by atoms with Gasteiger partial charge in [-0.2, -0.15) is 10.4 Å². The van der Waals surface area contributed by atoms with E-state index in [4.69, 9.17) is 11.6 Å². The molecule has 11 heteroatoms. The lowest BCUT2D eigenvalue weighted by Crippen LogP contribution is -2.30. The molecule has 0 radical (unpaired) electrons. The topological polar surface area (TPSA) is 117 Å². The highest BCUT2D eigenvalue weighted by Crippen LogP contribution is 2.19. The van der Waals surface area contributed by atoms with E-state index < -0.39 is 11.7 Å². The molecule has 0 saturated heterocycles. The Hall–Kier alpha value is -5.01. The van der Waals surface area contributed by atoms with Crippen LogP contribution in [-0.2, 0) is 25.9 Å². The average Bonchev–Trinajstić information content (AvgIpc) is 3.60. The fraction of sp³-hybridized carbons (Fsp3) is 0.194. The summed E-state index contributed by atoms with van der Waals surface area (Å²) in [7, 11) is 0. The van der Waals surface area contributed by atoms with Crippen molar-refractivity contribution in [3.8, 4) is 6.07 Å². The summed E-state index contributed by atoms with van der Waals surface area (Å²) in [5.74, 6) is -1.28. The molecule has 0 unspecified atom stereocenters. The molecule has 2 amide bonds. The number of nitrogens with one attached hydrogen (secondary N) is 2. The molecule has 0 aliphatic rings. The van der Waals surface area contributed by atoms with Gasteiger partial charge in [0.1, 0.15) is 23.3 Å². The fourth-order valence-corrected chi connectivity index (χ4v) is 4.97. The van der Waals surface area contributed by atoms with Crippen LogP contribution in [0, 0.1) is 24.1 Å². The van der Waals surface area contributed by atoms with Crippen molar-refractivity contribution in [2.45, 2.75) is 32.9 Å². The van der Waals surface area contributed by atoms with E-state index in [1.54, 1.807) is 18.3 Å². The number of aromatic nitrogens is 4. The van der Waals surface area contributed by atoms with Gasteiger partial charge in [0.05, 0.1) is 11.9 Å². The Morgan fingerprint density at radius 2 is 1.90 bits per heavy atom. The van der Waals surface area contributed by atoms with Crippen molar-refractivity contribution in [1.82, 2.24) is 29.8 Å². The van der Waals surface area contributed by atoms with E-state index in [0.29, 0.717) is 18.4 Å². The number of carbonyl (C=O) groups is 2. The largest absolute Gasteiger partial charge is 0.350 e. The summed E-state index contributed by atoms with van der Waals surface area (Å²) in [6.07, 6.45) is 4.96. The van der Waals surface area contributed by atoms with E-state index in [-0.39, 0.29) is 47.5 Å². The Labute approximate surface area is 246 Å². The summed E-state index contributed by atoms with van der Waals surface area (Å²) in [6, 6.07) is 18.7. The van der Waals surface area contributed by atoms with Gasteiger partial charge in [0, 0.05) is 42.0 Å². The Bertz CT molecular complexity index is 1800. The molecule has 0 aliphatic carbocycles. The number of nitriles is 1. The predicted octanol–water partition coefficient (Wildman–Crippen LogP) is 4.65. The van der Waals surface area contributed by atoms with Crippen LogP contribution >= 0.6 is 11.6 Å². The van der Waals surface area contributed by atoms with E-state index in [0.717, 1.165) is 22.5 Å². The highest BCUT2D eigenvalue weighted by molar-refractivity contribution is 6.31. The van der Waals surface area contributed by atoms with Crippen LogP contribution in [0.25, 0.3) is 5.65 Å². The number of benzene rings is 2. The van der Waals surface area contributed by atoms with Crippen LogP contribution in [0.5, 0.6) is 0 Å². The highest BCUT2D eigenvalue weighted by Gasteiger charge is 2.17. The third-order valence-electron chi connectivity index (χ3n) is 7.05. The van der Waals surface area contributed by atoms with Crippen LogP contribution in [-0.4, -0.2) is 37.5 Å². The van der Waals surface area contributed by atoms with Crippen molar-refractivity contribution in [2.75, 3.05) is 6.54 Å². The van der Waals surface area contributed by atoms with Crippen LogP contribution in [0.4, 0.5) is 4.39 Å². The van der Waals surface area contributed by atoms with Gasteiger partial charge in [0.25, 0.3) is 11.8 Å². The predicted molar refractivity (Wildman–Crippen MR) is 156 cm³/mol. The number of aryl methyl sites for hydroxylation is 3. The maximum Gasteiger partial charge on any atom is 0.268 e. The quantitative estimate of drug-likeness (QED) is 0.248. The molecule has 2 aromatic carbocycles. The molecule has 0 bridgehead atoms. The van der Waals surface area contributed by atoms with Gasteiger partial charge in [0.15, 0.2) is 5.65 Å². The number of hydrogen-bond acceptors (Lipinski definition) is 5. The van der Waals surface area contributed by atoms with E-state index in [2.05, 4.69) is 26.8 Å². The first-order valence-corrected chi connectivity index (χ1v) is 13.7. The van der Waals surface area contributed by atoms with E-state index >= 15 is 0 Å². The molecule has 9 nitrogen and oxygen atoms in total. The zero-order valence-electron chi connectivity index (χ0n) is 22.8. The number of nitrogens with zero attached hydrogens (tertiary/aromatic N) is 5. The van der Waals surface area contributed by atoms with Crippen LogP contribution in [0.2, 0.25) is 5.02 Å². The Morgan fingerprint density at radius 1 is 1.05 bits per heavy atom. The number of imidazole rings is 1. The normalized spacial score (nSPS) is 10.9. The van der Waals surface area contributed by atoms with Crippen LogP contribution in [0.15, 0.2) is 73.1 Å². The monoisotopic (exact) mass is 583 g/mol. The third-order valence-corrected chi connectivity index (χ3v) is 7.40. The van der Waals surface area contributed by atoms with E-state index in [1.165, 1.54) is 28.8 Å². The molecule has 42 heavy (non-hydrogen) atoms. The van der Waals surface area contributed by atoms with Gasteiger partial charge in [-0.05, 0) is 79.4 Å². The zero-order valence-corrected chi connectivity index (χ0v) is 23.5. The summed E-state index contributed by atoms with van der Waals surface area (Å²) in [4.78, 5) is 30.3. The van der Waals surface area contributed by atoms with Gasteiger partial charge in [-0.3, -0.25) is 9.59 Å². The highest BCUT2D eigenvalue weighted by atomic mass is 35.5. The standard InChI is InChI=1S/C31H27ClFN7O2/c1-20-7-8-22(16-21(20)9-10-24-18-36-29-6-3-13-38-40(24)29)30(41)35-14-15-39-23(17-34)11-12-28(39)31(42)37-19-25-26(32)4-2-5-27(25)33/h2-8,11-13,16,18H,9-10,14-15,19H2,1H3,(H,35,41)(H,37,42). The molecule has 5 rings (SSSR count). The van der Waals surface area contributed by atoms with Crippen molar-refractivity contribution in [3.05, 3.63) is 123 Å². The maximum absolute atomic E-state index is 14.1. The van der Waals surface area contributed by atoms with Crippen molar-refractivity contribution >= 4 is 29.1 Å². The lowest BCUT2D eigenvalue weighted by Gasteiger charge is -2.13. The first-order chi connectivity index (χ1) is 20.4. The van der Waals surface area contributed by atoms with E-state index in [1.807, 2.05) is 41.9 Å². The second-order valence-electron chi connectivity index (χ2n) is 9.69. The molecule has 2 N–H and O–H groups in total. The lowest BCUT2D eigenvalue weighted by molar-refractivity contribution is 0.0941. The van der Waals surface area contributed by atoms with E-state index in [9.17, 15) is 19.2 Å². The summed E-state index contributed by atoms with van der Waals surface area (Å²) < 4.78 is 17.4. The van der Waals surface area contributed by atoms with Crippen molar-refractivity contribution < 1.29 is 14.0 Å². The summed E-state index contributed by atoms with van der Waals surface area (Å²) in [6.45, 7) is 2.26. The number of halogens is 2. The molecule has 5 aromatic rings. The molecule has 3 aromatic heterocycles. The molecule has 0 aliphatic heterocycles. The Morgan fingerprint density at radius 3 is 2.71 bits per heavy atom. The lowest BCUT2D eigenvalue weighted by atomic mass is 10.00. The molecule has 0 spiro atoms. The molecule has 0 fully saturated rings. The second kappa shape index (κ2) is 12.7. The minimum absolute atomic E-state index is 0.113. The van der Waals surface area contributed by atoms with Crippen LogP contribution < -0.4 is 10.6 Å². The number of fused-ring (bicyclic) bond motifs is 1. The molecular weight excluding hydrogens is 557 g/mol. The van der Waals surface area contributed by atoms with Gasteiger partial charge < -0.3 is 15.2 Å². The summed E-state index contributed by atoms with van der Waals surface area (Å²) in [5.41, 5.74) is 5.05. The molecular formula is C31H27ClFN7O2. The van der Waals surface area contributed by atoms with Crippen molar-refractivity contribution in [1.29, 1.82) is 5.26 Å². The molecule has 212 valence electrons. The van der Waals surface area contributed by atoms with Crippen molar-refractivity contribution in [3.63, 3.8) is 0 Å². The molecule has 0 saturated carbocycles. The molecule has 0 atom stereocenters. The van der Waals surface area contributed by atoms with Crippen LogP contribution in [0.1, 0.15) is 48.9 Å². The van der Waals surface area contributed by atoms with Gasteiger partial charge in [-0.1, -0.05) is 23.7 Å². The van der Waals surface area contributed by atoms with Gasteiger partial charge >= 0.3 is 0 Å². The summed E-state index contributed by atoms with van der Waals surface area (Å²) in [5, 5.41) is 19.6. The van der Waals surface area contributed by atoms with Gasteiger partial charge in [-0.15, -0.1) is 0 Å². The zero-order chi connectivity index (χ0) is 29.6. The SMILES string of the molecule is Cc1ccc(C(=O)NCCn2c(C#N)ccc2C(=O)NCc2c(F)cccc2Cl)cc1CCc1cnc2cccnn12. The first kappa shape index (κ1) is 28.5. The Balaban J connectivity index is 1.21. The Kier molecular flexibility index (Phi) is 8.60. The minimum atomic E-state index is -0.523. The van der Waals surface area contributed by atoms with Crippen molar-refractivity contribution in [2.24, 2.45) is 0 Å². The third kappa shape index (κ3) is 6.16. The fourth-order valence-electron chi connectivity index (χ4n) is 4.74. The van der Waals surface area contributed by atoms with Gasteiger partial charge in [-0.25, -0.2) is 13.9 Å². The second-order valence-corrected chi connectivity index (χ2v) is 10.1.